The molecule has 10 rings (SSSR count). The molecule has 0 atom stereocenters. The first kappa shape index (κ1) is 24.5. The molecule has 1 nitrogen and oxygen atoms in total. The molecular formula is C44H27N. The van der Waals surface area contributed by atoms with Gasteiger partial charge in [0.2, 0.25) is 0 Å². The van der Waals surface area contributed by atoms with Crippen LogP contribution in [0.1, 0.15) is 0 Å². The van der Waals surface area contributed by atoms with E-state index in [1.165, 1.54) is 93.0 Å². The van der Waals surface area contributed by atoms with Gasteiger partial charge in [-0.25, -0.2) is 0 Å². The van der Waals surface area contributed by atoms with E-state index >= 15 is 0 Å². The van der Waals surface area contributed by atoms with E-state index in [1.807, 2.05) is 0 Å². The number of rotatable bonds is 3. The van der Waals surface area contributed by atoms with Crippen LogP contribution in [0.25, 0.3) is 93.0 Å². The third-order valence-electron chi connectivity index (χ3n) is 9.67. The molecule has 45 heavy (non-hydrogen) atoms. The minimum atomic E-state index is 1.22. The van der Waals surface area contributed by atoms with E-state index in [1.54, 1.807) is 0 Å². The van der Waals surface area contributed by atoms with E-state index in [2.05, 4.69) is 168 Å². The Bertz CT molecular complexity index is 2680. The number of aromatic nitrogens is 1. The minimum Gasteiger partial charge on any atom is -0.308 e. The highest BCUT2D eigenvalue weighted by Crippen LogP contribution is 2.42. The van der Waals surface area contributed by atoms with Gasteiger partial charge >= 0.3 is 0 Å². The molecule has 0 radical (unpaired) electrons. The van der Waals surface area contributed by atoms with Crippen LogP contribution in [-0.4, -0.2) is 4.40 Å². The Hall–Kier alpha value is -5.92. The Labute approximate surface area is 260 Å². The lowest BCUT2D eigenvalue weighted by Gasteiger charge is -2.10. The zero-order chi connectivity index (χ0) is 29.5. The fraction of sp³-hybridized carbons (Fsp3) is 0. The summed E-state index contributed by atoms with van der Waals surface area (Å²) in [5, 5.41) is 10.4. The summed E-state index contributed by atoms with van der Waals surface area (Å²) in [6, 6.07) is 60.3. The Morgan fingerprint density at radius 2 is 0.756 bits per heavy atom. The van der Waals surface area contributed by atoms with Crippen molar-refractivity contribution >= 4 is 59.6 Å². The van der Waals surface area contributed by atoms with E-state index in [0.717, 1.165) is 0 Å². The van der Waals surface area contributed by atoms with Crippen LogP contribution in [0, 0.1) is 0 Å². The van der Waals surface area contributed by atoms with E-state index in [0.29, 0.717) is 0 Å². The molecule has 0 amide bonds. The molecule has 0 spiro atoms. The smallest absolute Gasteiger partial charge is 0.0620 e. The molecule has 0 N–H and O–H groups in total. The van der Waals surface area contributed by atoms with Crippen LogP contribution in [0.2, 0.25) is 0 Å². The summed E-state index contributed by atoms with van der Waals surface area (Å²) in [7, 11) is 0. The normalized spacial score (nSPS) is 12.0. The van der Waals surface area contributed by atoms with Gasteiger partial charge in [0, 0.05) is 21.5 Å². The van der Waals surface area contributed by atoms with Crippen LogP contribution in [0.15, 0.2) is 164 Å². The van der Waals surface area contributed by atoms with Crippen molar-refractivity contribution in [3.63, 3.8) is 0 Å². The second kappa shape index (κ2) is 9.29. The molecule has 2 heterocycles. The lowest BCUT2D eigenvalue weighted by atomic mass is 9.94. The average Bonchev–Trinajstić information content (AvgIpc) is 3.63. The Morgan fingerprint density at radius 3 is 1.40 bits per heavy atom. The fourth-order valence-electron chi connectivity index (χ4n) is 7.57. The van der Waals surface area contributed by atoms with Crippen LogP contribution in [0.5, 0.6) is 0 Å². The number of fused-ring (bicyclic) bond motifs is 9. The standard InChI is InChI=1S/C44H27N/c1-2-14-36-28(9-1)19-20-34-25-33(21-22-37(34)36)31-12-7-10-29(23-31)30-11-8-13-32(24-30)35-26-40-38-15-3-5-17-42(38)45-43-18-6-4-16-39(43)41(27-35)44(40)45/h1-27H. The summed E-state index contributed by atoms with van der Waals surface area (Å²) in [4.78, 5) is 0. The second-order valence-electron chi connectivity index (χ2n) is 12.2. The molecule has 0 saturated heterocycles. The summed E-state index contributed by atoms with van der Waals surface area (Å²) < 4.78 is 2.44. The van der Waals surface area contributed by atoms with Crippen molar-refractivity contribution in [3.05, 3.63) is 164 Å². The SMILES string of the molecule is c1cc(-c2cccc(-c3cc4c5ccccc5n5c6ccccc6c(c3)c45)c2)cc(-c2ccc3c(ccc4ccccc43)c2)c1. The van der Waals surface area contributed by atoms with E-state index in [4.69, 9.17) is 0 Å². The summed E-state index contributed by atoms with van der Waals surface area (Å²) >= 11 is 0. The molecule has 8 aromatic carbocycles. The number of nitrogens with zero attached hydrogens (tertiary/aromatic N) is 1. The highest BCUT2D eigenvalue weighted by atomic mass is 14.9. The van der Waals surface area contributed by atoms with Gasteiger partial charge in [-0.05, 0) is 97.4 Å². The van der Waals surface area contributed by atoms with Crippen LogP contribution in [0.4, 0.5) is 0 Å². The van der Waals surface area contributed by atoms with Crippen molar-refractivity contribution in [2.45, 2.75) is 0 Å². The number of hydrogen-bond acceptors (Lipinski definition) is 0. The van der Waals surface area contributed by atoms with Crippen LogP contribution >= 0.6 is 0 Å². The van der Waals surface area contributed by atoms with Crippen molar-refractivity contribution in [2.75, 3.05) is 0 Å². The van der Waals surface area contributed by atoms with Crippen molar-refractivity contribution < 1.29 is 0 Å². The molecular weight excluding hydrogens is 542 g/mol. The van der Waals surface area contributed by atoms with Crippen molar-refractivity contribution in [2.24, 2.45) is 0 Å². The molecule has 0 fully saturated rings. The maximum Gasteiger partial charge on any atom is 0.0620 e. The maximum atomic E-state index is 2.44. The predicted molar refractivity (Wildman–Crippen MR) is 192 cm³/mol. The van der Waals surface area contributed by atoms with E-state index in [-0.39, 0.29) is 0 Å². The highest BCUT2D eigenvalue weighted by molar-refractivity contribution is 6.24. The second-order valence-corrected chi connectivity index (χ2v) is 12.2. The molecule has 0 bridgehead atoms. The van der Waals surface area contributed by atoms with Gasteiger partial charge in [0.25, 0.3) is 0 Å². The zero-order valence-corrected chi connectivity index (χ0v) is 24.5. The number of benzene rings is 8. The minimum absolute atomic E-state index is 1.22. The summed E-state index contributed by atoms with van der Waals surface area (Å²) in [6.45, 7) is 0. The summed E-state index contributed by atoms with van der Waals surface area (Å²) in [5.74, 6) is 0. The average molecular weight is 570 g/mol. The van der Waals surface area contributed by atoms with Gasteiger partial charge in [0.1, 0.15) is 0 Å². The Balaban J connectivity index is 1.10. The molecule has 208 valence electrons. The molecule has 0 aliphatic heterocycles. The molecule has 2 aromatic heterocycles. The van der Waals surface area contributed by atoms with E-state index < -0.39 is 0 Å². The first-order valence-corrected chi connectivity index (χ1v) is 15.6. The van der Waals surface area contributed by atoms with E-state index in [9.17, 15) is 0 Å². The quantitative estimate of drug-likeness (QED) is 0.186. The van der Waals surface area contributed by atoms with Gasteiger partial charge in [-0.3, -0.25) is 0 Å². The largest absolute Gasteiger partial charge is 0.308 e. The monoisotopic (exact) mass is 569 g/mol. The van der Waals surface area contributed by atoms with Gasteiger partial charge in [0.15, 0.2) is 0 Å². The maximum absolute atomic E-state index is 2.44. The van der Waals surface area contributed by atoms with Gasteiger partial charge in [-0.15, -0.1) is 0 Å². The molecule has 0 aliphatic carbocycles. The molecule has 0 saturated carbocycles. The van der Waals surface area contributed by atoms with Crippen molar-refractivity contribution in [3.8, 4) is 33.4 Å². The van der Waals surface area contributed by atoms with Gasteiger partial charge < -0.3 is 4.40 Å². The van der Waals surface area contributed by atoms with Crippen molar-refractivity contribution in [1.82, 2.24) is 4.40 Å². The summed E-state index contributed by atoms with van der Waals surface area (Å²) in [5.41, 5.74) is 11.2. The van der Waals surface area contributed by atoms with Gasteiger partial charge in [-0.2, -0.15) is 0 Å². The third kappa shape index (κ3) is 3.62. The topological polar surface area (TPSA) is 4.41 Å². The van der Waals surface area contributed by atoms with Crippen LogP contribution in [-0.2, 0) is 0 Å². The number of para-hydroxylation sites is 2. The highest BCUT2D eigenvalue weighted by Gasteiger charge is 2.18. The first-order chi connectivity index (χ1) is 22.3. The number of hydrogen-bond donors (Lipinski definition) is 0. The summed E-state index contributed by atoms with van der Waals surface area (Å²) in [6.07, 6.45) is 0. The van der Waals surface area contributed by atoms with Crippen molar-refractivity contribution in [1.29, 1.82) is 0 Å². The molecule has 0 aliphatic rings. The first-order valence-electron chi connectivity index (χ1n) is 15.6. The van der Waals surface area contributed by atoms with Crippen LogP contribution < -0.4 is 0 Å². The molecule has 0 unspecified atom stereocenters. The Morgan fingerprint density at radius 1 is 0.267 bits per heavy atom. The molecule has 1 heteroatoms. The lowest BCUT2D eigenvalue weighted by Crippen LogP contribution is -1.85. The predicted octanol–water partition coefficient (Wildman–Crippen LogP) is 12.1. The Kier molecular flexibility index (Phi) is 5.06. The van der Waals surface area contributed by atoms with Gasteiger partial charge in [-0.1, -0.05) is 121 Å². The van der Waals surface area contributed by atoms with Crippen LogP contribution in [0.3, 0.4) is 0 Å². The fourth-order valence-corrected chi connectivity index (χ4v) is 7.57. The third-order valence-corrected chi connectivity index (χ3v) is 9.67. The van der Waals surface area contributed by atoms with Gasteiger partial charge in [0.05, 0.1) is 16.6 Å². The molecule has 10 aromatic rings. The zero-order valence-electron chi connectivity index (χ0n) is 24.5. The lowest BCUT2D eigenvalue weighted by molar-refractivity contribution is 1.37.